The molecule has 236 valence electrons. The van der Waals surface area contributed by atoms with Crippen LogP contribution in [0, 0.1) is 52.3 Å². The Balaban J connectivity index is 1.37. The van der Waals surface area contributed by atoms with Gasteiger partial charge in [0.15, 0.2) is 12.1 Å². The van der Waals surface area contributed by atoms with Gasteiger partial charge >= 0.3 is 5.97 Å². The summed E-state index contributed by atoms with van der Waals surface area (Å²) in [5, 5.41) is 31.0. The average molecular weight is 589 g/mol. The molecular formula is C34H52O8. The van der Waals surface area contributed by atoms with Gasteiger partial charge in [-0.1, -0.05) is 46.3 Å². The molecule has 3 N–H and O–H groups in total. The second-order valence-electron chi connectivity index (χ2n) is 14.6. The summed E-state index contributed by atoms with van der Waals surface area (Å²) in [4.78, 5) is 24.5. The number of hydrogen-bond acceptors (Lipinski definition) is 8. The van der Waals surface area contributed by atoms with Gasteiger partial charge in [0.05, 0.1) is 25.7 Å². The van der Waals surface area contributed by atoms with E-state index in [0.29, 0.717) is 30.1 Å². The summed E-state index contributed by atoms with van der Waals surface area (Å²) in [7, 11) is 1.41. The molecule has 4 fully saturated rings. The first kappa shape index (κ1) is 31.8. The Morgan fingerprint density at radius 3 is 2.52 bits per heavy atom. The van der Waals surface area contributed by atoms with Crippen molar-refractivity contribution in [3.63, 3.8) is 0 Å². The Morgan fingerprint density at radius 2 is 1.81 bits per heavy atom. The van der Waals surface area contributed by atoms with Gasteiger partial charge in [-0.3, -0.25) is 9.59 Å². The fourth-order valence-electron chi connectivity index (χ4n) is 9.82. The van der Waals surface area contributed by atoms with E-state index < -0.39 is 24.6 Å². The van der Waals surface area contributed by atoms with E-state index in [1.165, 1.54) is 19.1 Å². The molecule has 0 amide bonds. The summed E-state index contributed by atoms with van der Waals surface area (Å²) in [6.45, 7) is 10.8. The normalized spacial score (nSPS) is 44.2. The Bertz CT molecular complexity index is 1090. The summed E-state index contributed by atoms with van der Waals surface area (Å²) in [5.74, 6) is 1.75. The minimum atomic E-state index is -1.36. The molecule has 8 nitrogen and oxygen atoms in total. The largest absolute Gasteiger partial charge is 0.469 e. The molecule has 0 unspecified atom stereocenters. The highest BCUT2D eigenvalue weighted by atomic mass is 16.7. The molecule has 0 aromatic heterocycles. The zero-order valence-corrected chi connectivity index (χ0v) is 26.2. The molecule has 1 saturated heterocycles. The Kier molecular flexibility index (Phi) is 9.15. The van der Waals surface area contributed by atoms with Gasteiger partial charge in [0, 0.05) is 5.41 Å². The first-order valence-electron chi connectivity index (χ1n) is 16.1. The second-order valence-corrected chi connectivity index (χ2v) is 14.6. The van der Waals surface area contributed by atoms with Crippen LogP contribution in [0.15, 0.2) is 23.8 Å². The van der Waals surface area contributed by atoms with E-state index in [1.807, 2.05) is 19.9 Å². The van der Waals surface area contributed by atoms with E-state index >= 15 is 0 Å². The summed E-state index contributed by atoms with van der Waals surface area (Å²) in [6, 6.07) is 0. The minimum absolute atomic E-state index is 0.0349. The maximum atomic E-state index is 12.4. The third kappa shape index (κ3) is 5.44. The molecule has 5 rings (SSSR count). The molecule has 0 bridgehead atoms. The maximum absolute atomic E-state index is 12.4. The lowest BCUT2D eigenvalue weighted by Gasteiger charge is -2.57. The van der Waals surface area contributed by atoms with Crippen LogP contribution in [0.25, 0.3) is 0 Å². The van der Waals surface area contributed by atoms with Crippen LogP contribution < -0.4 is 0 Å². The third-order valence-corrected chi connectivity index (χ3v) is 12.6. The van der Waals surface area contributed by atoms with Gasteiger partial charge in [0.25, 0.3) is 0 Å². The number of aliphatic hydroxyl groups excluding tert-OH is 3. The summed E-state index contributed by atoms with van der Waals surface area (Å²) < 4.78 is 17.2. The molecule has 0 aromatic carbocycles. The zero-order chi connectivity index (χ0) is 30.6. The van der Waals surface area contributed by atoms with Gasteiger partial charge in [-0.25, -0.2) is 0 Å². The van der Waals surface area contributed by atoms with Gasteiger partial charge in [-0.2, -0.15) is 0 Å². The molecule has 1 heterocycles. The van der Waals surface area contributed by atoms with E-state index in [0.717, 1.165) is 32.1 Å². The monoisotopic (exact) mass is 588 g/mol. The molecule has 8 heteroatoms. The molecular weight excluding hydrogens is 536 g/mol. The highest BCUT2D eigenvalue weighted by Crippen LogP contribution is 2.67. The van der Waals surface area contributed by atoms with Gasteiger partial charge < -0.3 is 29.5 Å². The van der Waals surface area contributed by atoms with E-state index in [-0.39, 0.29) is 53.0 Å². The van der Waals surface area contributed by atoms with E-state index in [9.17, 15) is 24.9 Å². The van der Waals surface area contributed by atoms with Crippen molar-refractivity contribution in [2.75, 3.05) is 13.7 Å². The Labute approximate surface area is 250 Å². The highest BCUT2D eigenvalue weighted by molar-refractivity contribution is 6.01. The summed E-state index contributed by atoms with van der Waals surface area (Å²) in [5.41, 5.74) is 1.41. The number of esters is 1. The first-order valence-corrected chi connectivity index (χ1v) is 16.1. The molecule has 1 aliphatic heterocycles. The number of methoxy groups -OCH3 is 1. The van der Waals surface area contributed by atoms with Gasteiger partial charge in [0.1, 0.15) is 18.3 Å². The number of allylic oxidation sites excluding steroid dienone is 4. The molecule has 5 aliphatic rings. The predicted molar refractivity (Wildman–Crippen MR) is 157 cm³/mol. The summed E-state index contributed by atoms with van der Waals surface area (Å²) in [6.07, 6.45) is 7.81. The second kappa shape index (κ2) is 12.1. The van der Waals surface area contributed by atoms with E-state index in [2.05, 4.69) is 26.8 Å². The average Bonchev–Trinajstić information content (AvgIpc) is 3.33. The van der Waals surface area contributed by atoms with Gasteiger partial charge in [0.2, 0.25) is 0 Å². The van der Waals surface area contributed by atoms with Gasteiger partial charge in [-0.05, 0) is 98.0 Å². The highest BCUT2D eigenvalue weighted by Gasteiger charge is 2.60. The number of ether oxygens (including phenoxy) is 3. The van der Waals surface area contributed by atoms with Crippen molar-refractivity contribution in [3.05, 3.63) is 23.8 Å². The number of carbonyl (C=O) groups is 2. The topological polar surface area (TPSA) is 123 Å². The number of rotatable bonds is 8. The lowest BCUT2D eigenvalue weighted by molar-refractivity contribution is -0.290. The van der Waals surface area contributed by atoms with Gasteiger partial charge in [-0.15, -0.1) is 0 Å². The van der Waals surface area contributed by atoms with Crippen molar-refractivity contribution in [3.8, 4) is 0 Å². The quantitative estimate of drug-likeness (QED) is 0.361. The fraction of sp³-hybridized carbons (Fsp3) is 0.824. The summed E-state index contributed by atoms with van der Waals surface area (Å²) >= 11 is 0. The fourth-order valence-corrected chi connectivity index (χ4v) is 9.82. The minimum Gasteiger partial charge on any atom is -0.469 e. The first-order chi connectivity index (χ1) is 19.8. The number of ketones is 1. The molecule has 4 aliphatic carbocycles. The van der Waals surface area contributed by atoms with Crippen molar-refractivity contribution in [2.45, 2.75) is 110 Å². The number of aliphatic hydroxyl groups is 3. The van der Waals surface area contributed by atoms with E-state index in [4.69, 9.17) is 14.2 Å². The zero-order valence-electron chi connectivity index (χ0n) is 26.2. The SMILES string of the molecule is COC(=O)[C@H](C)[C@@H](C)C[C@@H](O[C@@H]1OC[C@@H](O)[C@H](O)[C@H]1O)[C@@H](C)[C@H]1CC[C@H]2[C@@H]3CCC4=CC(=O)C=C[C@]4(C)[C@H]3CC[C@]12C. The van der Waals surface area contributed by atoms with Crippen molar-refractivity contribution >= 4 is 11.8 Å². The lowest BCUT2D eigenvalue weighted by atomic mass is 9.47. The van der Waals surface area contributed by atoms with Crippen molar-refractivity contribution in [1.82, 2.24) is 0 Å². The van der Waals surface area contributed by atoms with Crippen molar-refractivity contribution in [1.29, 1.82) is 0 Å². The molecule has 0 spiro atoms. The third-order valence-electron chi connectivity index (χ3n) is 12.6. The Morgan fingerprint density at radius 1 is 1.07 bits per heavy atom. The van der Waals surface area contributed by atoms with Crippen molar-refractivity contribution < 1.29 is 39.1 Å². The lowest BCUT2D eigenvalue weighted by Crippen LogP contribution is -2.55. The smallest absolute Gasteiger partial charge is 0.308 e. The van der Waals surface area contributed by atoms with Crippen LogP contribution in [-0.2, 0) is 23.8 Å². The molecule has 0 radical (unpaired) electrons. The van der Waals surface area contributed by atoms with Crippen LogP contribution in [0.2, 0.25) is 0 Å². The van der Waals surface area contributed by atoms with Crippen LogP contribution in [0.3, 0.4) is 0 Å². The molecule has 14 atom stereocenters. The standard InChI is InChI=1S/C34H52O8/c1-18(19(2)31(39)40-6)15-28(42-32-30(38)29(37)27(36)17-41-32)20(3)24-9-10-25-23-8-7-21-16-22(35)11-13-33(21,4)26(23)12-14-34(24,25)5/h11,13,16,18-20,23-30,32,36-38H,7-10,12,14-15,17H2,1-6H3/t18-,19+,20-,23-,24+,25-,26-,27+,28+,29-,30+,32-,33-,34+/m0/s1. The molecule has 42 heavy (non-hydrogen) atoms. The number of hydrogen-bond donors (Lipinski definition) is 3. The predicted octanol–water partition coefficient (Wildman–Crippen LogP) is 4.21. The van der Waals surface area contributed by atoms with Crippen LogP contribution in [0.4, 0.5) is 0 Å². The number of carbonyl (C=O) groups excluding carboxylic acids is 2. The Hall–Kier alpha value is -1.58. The van der Waals surface area contributed by atoms with Crippen molar-refractivity contribution in [2.24, 2.45) is 52.3 Å². The maximum Gasteiger partial charge on any atom is 0.308 e. The molecule has 0 aromatic rings. The molecule has 3 saturated carbocycles. The van der Waals surface area contributed by atoms with Crippen LogP contribution in [-0.4, -0.2) is 71.5 Å². The van der Waals surface area contributed by atoms with Crippen LogP contribution in [0.5, 0.6) is 0 Å². The van der Waals surface area contributed by atoms with E-state index in [1.54, 1.807) is 6.08 Å². The van der Waals surface area contributed by atoms with Crippen LogP contribution in [0.1, 0.15) is 79.6 Å². The van der Waals surface area contributed by atoms with Crippen LogP contribution >= 0.6 is 0 Å². The number of fused-ring (bicyclic) bond motifs is 5.